The molecule has 0 aliphatic rings. The monoisotopic (exact) mass is 969 g/mol. The Morgan fingerprint density at radius 1 is 0.672 bits per heavy atom. The highest BCUT2D eigenvalue weighted by atomic mass is 32.2. The topological polar surface area (TPSA) is 328 Å². The Morgan fingerprint density at radius 2 is 1.18 bits per heavy atom. The Bertz CT molecular complexity index is 2090. The summed E-state index contributed by atoms with van der Waals surface area (Å²) in [7, 11) is -0.153. The van der Waals surface area contributed by atoms with Gasteiger partial charge in [0.15, 0.2) is 0 Å². The zero-order valence-corrected chi connectivity index (χ0v) is 38.2. The summed E-state index contributed by atoms with van der Waals surface area (Å²) in [4.78, 5) is 133. The third-order valence-electron chi connectivity index (χ3n) is 8.27. The Morgan fingerprint density at radius 3 is 1.70 bits per heavy atom. The van der Waals surface area contributed by atoms with E-state index in [0.29, 0.717) is 16.9 Å². The molecule has 9 N–H and O–H groups in total. The van der Waals surface area contributed by atoms with Crippen molar-refractivity contribution in [3.63, 3.8) is 0 Å². The fraction of sp³-hybridized carbons (Fsp3) is 0.439. The minimum absolute atomic E-state index is 0.0599. The first-order valence-corrected chi connectivity index (χ1v) is 22.2. The van der Waals surface area contributed by atoms with Crippen molar-refractivity contribution in [2.24, 2.45) is 0 Å². The van der Waals surface area contributed by atoms with Crippen molar-refractivity contribution in [3.8, 4) is 0 Å². The van der Waals surface area contributed by atoms with Crippen molar-refractivity contribution in [2.45, 2.75) is 64.2 Å². The largest absolute Gasteiger partial charge is 0.542 e. The standard InChI is InChI=1S/C39H53N9O11S.C2HF3O2/c1-7-59-35(54)21-43-32(51)18-41-31(50)17-42-33(52)19-44-38(57)29-16-28(14-13-27(29)22-60(5)6)47-39(58)30(15-26-11-9-8-10-12-26)48-37(56)24(3)46-36(55)23(2)45-34(53)20-40-25(4)49;3-2(4,5)1(6)7/h8-14,16,23-24,30H,7,15,17-22H2,1-6H3,(H8-,40,41,42,43,44,45,46,47,48,49,50,51,52,53,55,56,57,58);(H,6,7)/t23-,24-,30-;/m0./s1. The number of benzene rings is 2. The van der Waals surface area contributed by atoms with Gasteiger partial charge in [-0.1, -0.05) is 36.4 Å². The first-order valence-electron chi connectivity index (χ1n) is 20.0. The van der Waals surface area contributed by atoms with Crippen molar-refractivity contribution in [2.75, 3.05) is 57.2 Å². The molecule has 22 nitrogen and oxygen atoms in total. The molecule has 368 valence electrons. The van der Waals surface area contributed by atoms with Crippen LogP contribution in [-0.2, 0) is 75.8 Å². The summed E-state index contributed by atoms with van der Waals surface area (Å²) in [5.74, 6) is -8.86. The van der Waals surface area contributed by atoms with Crippen molar-refractivity contribution in [1.29, 1.82) is 0 Å². The van der Waals surface area contributed by atoms with Gasteiger partial charge in [0.05, 0.1) is 45.3 Å². The number of ether oxygens (including phenoxy) is 1. The Kier molecular flexibility index (Phi) is 25.3. The molecule has 0 fully saturated rings. The van der Waals surface area contributed by atoms with Gasteiger partial charge in [0.25, 0.3) is 5.91 Å². The van der Waals surface area contributed by atoms with E-state index in [1.807, 2.05) is 12.5 Å². The van der Waals surface area contributed by atoms with Crippen LogP contribution in [0.25, 0.3) is 0 Å². The number of esters is 1. The SMILES string of the molecule is CCOC(=O)CNC(=O)CNC(=O)CNC(=O)CNC(=O)c1cc(NC(=O)[C@H](Cc2ccccc2)NC(=O)[C@H](C)NC(=O)[C@H](C)NC(=O)CNC(C)=O)ccc1C[S+](C)C.O=C([O-])C(F)(F)F. The lowest BCUT2D eigenvalue weighted by Gasteiger charge is -2.23. The third kappa shape index (κ3) is 24.6. The van der Waals surface area contributed by atoms with Gasteiger partial charge in [-0.3, -0.25) is 47.9 Å². The molecule has 0 bridgehead atoms. The molecular weight excluding hydrogens is 916 g/mol. The van der Waals surface area contributed by atoms with E-state index >= 15 is 0 Å². The van der Waals surface area contributed by atoms with Gasteiger partial charge in [-0.2, -0.15) is 13.2 Å². The second kappa shape index (κ2) is 29.3. The number of aliphatic carboxylic acids is 1. The number of carboxylic acid groups (broad SMARTS) is 1. The number of nitrogens with one attached hydrogen (secondary N) is 9. The number of carboxylic acids is 1. The van der Waals surface area contributed by atoms with Crippen LogP contribution in [-0.4, -0.2) is 141 Å². The molecule has 0 radical (unpaired) electrons. The number of carbonyl (C=O) groups is 11. The quantitative estimate of drug-likeness (QED) is 0.0393. The van der Waals surface area contributed by atoms with Crippen LogP contribution < -0.4 is 53.0 Å². The molecule has 0 saturated heterocycles. The molecule has 9 amide bonds. The van der Waals surface area contributed by atoms with Gasteiger partial charge < -0.3 is 62.5 Å². The summed E-state index contributed by atoms with van der Waals surface area (Å²) >= 11 is 0. The normalized spacial score (nSPS) is 11.9. The molecular formula is C41H54F3N9O13S. The summed E-state index contributed by atoms with van der Waals surface area (Å²) in [5.41, 5.74) is 1.74. The molecule has 2 aromatic carbocycles. The summed E-state index contributed by atoms with van der Waals surface area (Å²) < 4.78 is 36.2. The highest BCUT2D eigenvalue weighted by Crippen LogP contribution is 2.19. The molecule has 0 aromatic heterocycles. The Hall–Kier alpha value is -7.25. The summed E-state index contributed by atoms with van der Waals surface area (Å²) in [6.45, 7) is 3.67. The molecule has 3 atom stereocenters. The van der Waals surface area contributed by atoms with Gasteiger partial charge in [-0.15, -0.1) is 0 Å². The van der Waals surface area contributed by atoms with Crippen LogP contribution in [0.1, 0.15) is 49.2 Å². The first-order chi connectivity index (χ1) is 31.3. The van der Waals surface area contributed by atoms with Crippen molar-refractivity contribution in [1.82, 2.24) is 42.5 Å². The van der Waals surface area contributed by atoms with Crippen molar-refractivity contribution >= 4 is 81.7 Å². The Balaban J connectivity index is 0.00000295. The smallest absolute Gasteiger partial charge is 0.430 e. The van der Waals surface area contributed by atoms with Crippen molar-refractivity contribution in [3.05, 3.63) is 65.2 Å². The molecule has 67 heavy (non-hydrogen) atoms. The van der Waals surface area contributed by atoms with E-state index in [1.54, 1.807) is 49.4 Å². The highest BCUT2D eigenvalue weighted by molar-refractivity contribution is 7.94. The average molecular weight is 970 g/mol. The third-order valence-corrected chi connectivity index (χ3v) is 9.16. The second-order valence-electron chi connectivity index (χ2n) is 14.3. The zero-order chi connectivity index (χ0) is 50.9. The number of carbonyl (C=O) groups excluding carboxylic acids is 11. The van der Waals surface area contributed by atoms with Crippen LogP contribution in [0, 0.1) is 0 Å². The highest BCUT2D eigenvalue weighted by Gasteiger charge is 2.29. The van der Waals surface area contributed by atoms with E-state index in [9.17, 15) is 61.1 Å². The van der Waals surface area contributed by atoms with Gasteiger partial charge in [0.2, 0.25) is 47.3 Å². The number of alkyl halides is 3. The molecule has 0 aliphatic carbocycles. The Labute approximate surface area is 385 Å². The van der Waals surface area contributed by atoms with Crippen LogP contribution in [0.4, 0.5) is 18.9 Å². The number of anilines is 1. The van der Waals surface area contributed by atoms with E-state index < -0.39 is 109 Å². The number of amides is 9. The van der Waals surface area contributed by atoms with E-state index in [4.69, 9.17) is 14.6 Å². The van der Waals surface area contributed by atoms with Gasteiger partial charge in [-0.25, -0.2) is 0 Å². The van der Waals surface area contributed by atoms with Crippen LogP contribution in [0.5, 0.6) is 0 Å². The molecule has 0 saturated carbocycles. The molecule has 2 aromatic rings. The van der Waals surface area contributed by atoms with Gasteiger partial charge in [-0.05, 0) is 49.4 Å². The van der Waals surface area contributed by atoms with Gasteiger partial charge in [0.1, 0.15) is 36.4 Å². The van der Waals surface area contributed by atoms with E-state index in [2.05, 4.69) is 47.9 Å². The predicted octanol–water partition coefficient (Wildman–Crippen LogP) is -3.18. The zero-order valence-electron chi connectivity index (χ0n) is 37.4. The summed E-state index contributed by atoms with van der Waals surface area (Å²) in [6, 6.07) is 10.2. The molecule has 0 heterocycles. The van der Waals surface area contributed by atoms with Crippen LogP contribution in [0.3, 0.4) is 0 Å². The molecule has 0 spiro atoms. The summed E-state index contributed by atoms with van der Waals surface area (Å²) in [6.07, 6.45) is -1.18. The van der Waals surface area contributed by atoms with Crippen molar-refractivity contribution < 1.29 is 75.8 Å². The maximum atomic E-state index is 13.8. The predicted molar refractivity (Wildman–Crippen MR) is 233 cm³/mol. The second-order valence-corrected chi connectivity index (χ2v) is 16.5. The van der Waals surface area contributed by atoms with Gasteiger partial charge in [0, 0.05) is 30.2 Å². The average Bonchev–Trinajstić information content (AvgIpc) is 3.25. The van der Waals surface area contributed by atoms with Crippen LogP contribution in [0.2, 0.25) is 0 Å². The molecule has 0 unspecified atom stereocenters. The molecule has 2 rings (SSSR count). The van der Waals surface area contributed by atoms with E-state index in [-0.39, 0.29) is 48.3 Å². The molecule has 0 aliphatic heterocycles. The summed E-state index contributed by atoms with van der Waals surface area (Å²) in [5, 5.41) is 30.9. The fourth-order valence-corrected chi connectivity index (χ4v) is 5.91. The lowest BCUT2D eigenvalue weighted by molar-refractivity contribution is -0.344. The maximum absolute atomic E-state index is 13.8. The minimum Gasteiger partial charge on any atom is -0.542 e. The van der Waals surface area contributed by atoms with E-state index in [1.165, 1.54) is 26.8 Å². The number of hydrogen-bond acceptors (Lipinski definition) is 13. The fourth-order valence-electron chi connectivity index (χ4n) is 5.04. The minimum atomic E-state index is -5.19. The lowest BCUT2D eigenvalue weighted by atomic mass is 10.0. The lowest BCUT2D eigenvalue weighted by Crippen LogP contribution is -2.55. The maximum Gasteiger partial charge on any atom is 0.430 e. The molecule has 26 heteroatoms. The number of hydrogen-bond donors (Lipinski definition) is 9. The van der Waals surface area contributed by atoms with E-state index in [0.717, 1.165) is 0 Å². The number of rotatable bonds is 23. The van der Waals surface area contributed by atoms with Crippen LogP contribution in [0.15, 0.2) is 48.5 Å². The van der Waals surface area contributed by atoms with Crippen LogP contribution >= 0.6 is 0 Å². The number of halogens is 3. The van der Waals surface area contributed by atoms with Gasteiger partial charge >= 0.3 is 12.1 Å². The first kappa shape index (κ1) is 57.8.